The van der Waals surface area contributed by atoms with Crippen molar-refractivity contribution < 1.29 is 33.3 Å². The summed E-state index contributed by atoms with van der Waals surface area (Å²) in [4.78, 5) is 16.2. The predicted octanol–water partition coefficient (Wildman–Crippen LogP) is 8.46. The number of benzene rings is 4. The van der Waals surface area contributed by atoms with Crippen molar-refractivity contribution in [3.8, 4) is 28.4 Å². The summed E-state index contributed by atoms with van der Waals surface area (Å²) in [5, 5.41) is 32.5. The maximum atomic E-state index is 13.7. The number of carbonyl (C=O) groups is 1. The van der Waals surface area contributed by atoms with Crippen LogP contribution in [0.2, 0.25) is 0 Å². The van der Waals surface area contributed by atoms with Crippen molar-refractivity contribution in [2.24, 2.45) is 4.99 Å². The Labute approximate surface area is 246 Å². The van der Waals surface area contributed by atoms with Gasteiger partial charge in [0.1, 0.15) is 11.4 Å². The Kier molecular flexibility index (Phi) is 7.29. The summed E-state index contributed by atoms with van der Waals surface area (Å²) >= 11 is 0. The number of rotatable bonds is 6. The van der Waals surface area contributed by atoms with Crippen molar-refractivity contribution >= 4 is 28.8 Å². The molecule has 0 aliphatic rings. The van der Waals surface area contributed by atoms with Crippen LogP contribution in [-0.4, -0.2) is 32.1 Å². The molecule has 0 amide bonds. The summed E-state index contributed by atoms with van der Waals surface area (Å²) < 4.78 is 42.3. The number of carboxylic acid groups (broad SMARTS) is 1. The standard InChI is InChI=1S/C34H29F3N2O4/c1-19-13-20(2)15-24(14-19)39-29-17-23(34(35,36)37)11-12-26(29)27(31(39)41)18-38-28-10-6-9-25(30(28)40)21-7-5-8-22(16-21)33(3,4)32(42)43/h5-18,40-41H,1-4H3,(H,42,43). The van der Waals surface area contributed by atoms with Crippen molar-refractivity contribution in [3.63, 3.8) is 0 Å². The zero-order valence-electron chi connectivity index (χ0n) is 23.9. The van der Waals surface area contributed by atoms with Crippen LogP contribution in [-0.2, 0) is 16.4 Å². The molecule has 0 atom stereocenters. The molecule has 3 N–H and O–H groups in total. The van der Waals surface area contributed by atoms with E-state index in [9.17, 15) is 33.3 Å². The smallest absolute Gasteiger partial charge is 0.416 e. The third-order valence-corrected chi connectivity index (χ3v) is 7.55. The van der Waals surface area contributed by atoms with Gasteiger partial charge in [-0.25, -0.2) is 0 Å². The first-order valence-electron chi connectivity index (χ1n) is 13.4. The van der Waals surface area contributed by atoms with E-state index < -0.39 is 23.1 Å². The number of fused-ring (bicyclic) bond motifs is 1. The number of aromatic nitrogens is 1. The highest BCUT2D eigenvalue weighted by Gasteiger charge is 2.32. The van der Waals surface area contributed by atoms with E-state index in [1.165, 1.54) is 16.8 Å². The van der Waals surface area contributed by atoms with Crippen LogP contribution in [0.5, 0.6) is 11.6 Å². The van der Waals surface area contributed by atoms with Gasteiger partial charge < -0.3 is 15.3 Å². The number of nitrogens with zero attached hydrogens (tertiary/aromatic N) is 2. The highest BCUT2D eigenvalue weighted by molar-refractivity contribution is 6.04. The molecule has 0 saturated heterocycles. The number of hydrogen-bond acceptors (Lipinski definition) is 4. The number of aromatic hydroxyl groups is 2. The molecule has 0 aliphatic heterocycles. The van der Waals surface area contributed by atoms with Crippen LogP contribution in [0, 0.1) is 13.8 Å². The monoisotopic (exact) mass is 586 g/mol. The van der Waals surface area contributed by atoms with Crippen molar-refractivity contribution in [2.45, 2.75) is 39.3 Å². The van der Waals surface area contributed by atoms with Gasteiger partial charge in [0.05, 0.1) is 22.1 Å². The number of halogens is 3. The molecule has 0 radical (unpaired) electrons. The lowest BCUT2D eigenvalue weighted by molar-refractivity contribution is -0.142. The molecule has 0 fully saturated rings. The molecule has 220 valence electrons. The van der Waals surface area contributed by atoms with E-state index in [4.69, 9.17) is 0 Å². The second-order valence-corrected chi connectivity index (χ2v) is 11.1. The van der Waals surface area contributed by atoms with Gasteiger partial charge in [-0.15, -0.1) is 0 Å². The SMILES string of the molecule is Cc1cc(C)cc(-n2c(O)c(C=Nc3cccc(-c4cccc(C(C)(C)C(=O)O)c4)c3O)c3ccc(C(F)(F)F)cc32)c1. The molecule has 43 heavy (non-hydrogen) atoms. The zero-order valence-corrected chi connectivity index (χ0v) is 23.9. The fraction of sp³-hybridized carbons (Fsp3) is 0.176. The van der Waals surface area contributed by atoms with Gasteiger partial charge in [0.25, 0.3) is 0 Å². The van der Waals surface area contributed by atoms with Crippen LogP contribution >= 0.6 is 0 Å². The molecule has 4 aromatic carbocycles. The summed E-state index contributed by atoms with van der Waals surface area (Å²) in [6.45, 7) is 6.90. The summed E-state index contributed by atoms with van der Waals surface area (Å²) in [6.07, 6.45) is -3.27. The van der Waals surface area contributed by atoms with Crippen molar-refractivity contribution in [3.05, 3.63) is 107 Å². The van der Waals surface area contributed by atoms with E-state index in [0.717, 1.165) is 23.3 Å². The van der Waals surface area contributed by atoms with E-state index in [1.807, 2.05) is 19.9 Å². The summed E-state index contributed by atoms with van der Waals surface area (Å²) in [5.41, 5.74) is 2.24. The zero-order chi connectivity index (χ0) is 31.3. The topological polar surface area (TPSA) is 95.0 Å². The number of hydrogen-bond donors (Lipinski definition) is 3. The first kappa shape index (κ1) is 29.4. The molecule has 5 rings (SSSR count). The Hall–Kier alpha value is -5.05. The number of para-hydroxylation sites is 1. The van der Waals surface area contributed by atoms with E-state index in [0.29, 0.717) is 27.8 Å². The summed E-state index contributed by atoms with van der Waals surface area (Å²) in [7, 11) is 0. The van der Waals surface area contributed by atoms with Gasteiger partial charge in [0.15, 0.2) is 0 Å². The molecule has 6 nitrogen and oxygen atoms in total. The predicted molar refractivity (Wildman–Crippen MR) is 161 cm³/mol. The molecule has 0 saturated carbocycles. The molecule has 0 spiro atoms. The molecule has 9 heteroatoms. The van der Waals surface area contributed by atoms with Crippen LogP contribution in [0.1, 0.15) is 41.7 Å². The van der Waals surface area contributed by atoms with E-state index >= 15 is 0 Å². The van der Waals surface area contributed by atoms with Gasteiger partial charge in [-0.3, -0.25) is 14.4 Å². The number of aliphatic carboxylic acids is 1. The average Bonchev–Trinajstić information content (AvgIpc) is 3.21. The molecular formula is C34H29F3N2O4. The Morgan fingerprint density at radius 2 is 1.53 bits per heavy atom. The fourth-order valence-corrected chi connectivity index (χ4v) is 5.15. The van der Waals surface area contributed by atoms with Gasteiger partial charge in [0, 0.05) is 22.9 Å². The lowest BCUT2D eigenvalue weighted by Crippen LogP contribution is -2.28. The molecule has 0 bridgehead atoms. The minimum absolute atomic E-state index is 0.148. The quantitative estimate of drug-likeness (QED) is 0.174. The van der Waals surface area contributed by atoms with Gasteiger partial charge in [-0.2, -0.15) is 13.2 Å². The highest BCUT2D eigenvalue weighted by atomic mass is 19.4. The van der Waals surface area contributed by atoms with E-state index in [2.05, 4.69) is 4.99 Å². The van der Waals surface area contributed by atoms with E-state index in [1.54, 1.807) is 68.4 Å². The molecule has 5 aromatic rings. The van der Waals surface area contributed by atoms with Gasteiger partial charge >= 0.3 is 12.1 Å². The van der Waals surface area contributed by atoms with Crippen LogP contribution in [0.25, 0.3) is 27.7 Å². The maximum absolute atomic E-state index is 13.7. The second-order valence-electron chi connectivity index (χ2n) is 11.1. The number of phenolic OH excluding ortho intramolecular Hbond substituents is 1. The largest absolute Gasteiger partial charge is 0.505 e. The number of aliphatic imine (C=N–C) groups is 1. The highest BCUT2D eigenvalue weighted by Crippen LogP contribution is 2.41. The molecule has 1 heterocycles. The summed E-state index contributed by atoms with van der Waals surface area (Å²) in [6, 6.07) is 20.4. The fourth-order valence-electron chi connectivity index (χ4n) is 5.15. The first-order chi connectivity index (χ1) is 20.2. The van der Waals surface area contributed by atoms with Crippen LogP contribution in [0.4, 0.5) is 18.9 Å². The molecule has 0 unspecified atom stereocenters. The average molecular weight is 587 g/mol. The van der Waals surface area contributed by atoms with Gasteiger partial charge in [-0.1, -0.05) is 42.5 Å². The lowest BCUT2D eigenvalue weighted by atomic mass is 9.83. The molecule has 1 aromatic heterocycles. The van der Waals surface area contributed by atoms with Gasteiger partial charge in [0.2, 0.25) is 5.88 Å². The molecular weight excluding hydrogens is 557 g/mol. The first-order valence-corrected chi connectivity index (χ1v) is 13.4. The third-order valence-electron chi connectivity index (χ3n) is 7.55. The Morgan fingerprint density at radius 3 is 2.19 bits per heavy atom. The van der Waals surface area contributed by atoms with Crippen LogP contribution in [0.15, 0.2) is 83.9 Å². The van der Waals surface area contributed by atoms with Crippen LogP contribution < -0.4 is 0 Å². The van der Waals surface area contributed by atoms with Gasteiger partial charge in [-0.05, 0) is 86.3 Å². The van der Waals surface area contributed by atoms with Crippen molar-refractivity contribution in [2.75, 3.05) is 0 Å². The summed E-state index contributed by atoms with van der Waals surface area (Å²) in [5.74, 6) is -1.47. The Morgan fingerprint density at radius 1 is 0.860 bits per heavy atom. The molecule has 0 aliphatic carbocycles. The normalized spacial score (nSPS) is 12.3. The van der Waals surface area contributed by atoms with Crippen molar-refractivity contribution in [1.82, 2.24) is 4.57 Å². The minimum Gasteiger partial charge on any atom is -0.505 e. The van der Waals surface area contributed by atoms with Crippen molar-refractivity contribution in [1.29, 1.82) is 0 Å². The Balaban J connectivity index is 1.64. The maximum Gasteiger partial charge on any atom is 0.416 e. The number of alkyl halides is 3. The second kappa shape index (κ2) is 10.7. The number of aryl methyl sites for hydroxylation is 2. The van der Waals surface area contributed by atoms with E-state index in [-0.39, 0.29) is 28.4 Å². The minimum atomic E-state index is -4.58. The Bertz CT molecular complexity index is 1900. The number of carboxylic acids is 1. The third kappa shape index (κ3) is 5.46. The number of phenols is 1. The van der Waals surface area contributed by atoms with Crippen LogP contribution in [0.3, 0.4) is 0 Å². The lowest BCUT2D eigenvalue weighted by Gasteiger charge is -2.20.